The predicted molar refractivity (Wildman–Crippen MR) is 81.1 cm³/mol. The summed E-state index contributed by atoms with van der Waals surface area (Å²) in [6, 6.07) is 4.06. The van der Waals surface area contributed by atoms with E-state index in [2.05, 4.69) is 0 Å². The first-order valence-electron chi connectivity index (χ1n) is 6.59. The predicted octanol–water partition coefficient (Wildman–Crippen LogP) is 1.20. The van der Waals surface area contributed by atoms with E-state index in [-0.39, 0.29) is 22.5 Å². The summed E-state index contributed by atoms with van der Waals surface area (Å²) < 4.78 is 26.8. The van der Waals surface area contributed by atoms with Crippen molar-refractivity contribution in [1.29, 1.82) is 0 Å². The number of halogens is 1. The molecule has 116 valence electrons. The van der Waals surface area contributed by atoms with Crippen molar-refractivity contribution in [3.8, 4) is 0 Å². The van der Waals surface area contributed by atoms with Crippen LogP contribution in [0.1, 0.15) is 19.8 Å². The fourth-order valence-electron chi connectivity index (χ4n) is 2.49. The Balaban J connectivity index is 2.39. The van der Waals surface area contributed by atoms with Crippen LogP contribution in [0.3, 0.4) is 0 Å². The Hall–Kier alpha value is -1.31. The van der Waals surface area contributed by atoms with Gasteiger partial charge in [-0.3, -0.25) is 4.79 Å². The van der Waals surface area contributed by atoms with Crippen molar-refractivity contribution >= 4 is 33.2 Å². The molecule has 1 saturated heterocycles. The largest absolute Gasteiger partial charge is 0.399 e. The Morgan fingerprint density at radius 2 is 2.05 bits per heavy atom. The summed E-state index contributed by atoms with van der Waals surface area (Å²) in [4.78, 5) is 11.3. The highest BCUT2D eigenvalue weighted by molar-refractivity contribution is 7.89. The van der Waals surface area contributed by atoms with Crippen LogP contribution in [0.2, 0.25) is 5.02 Å². The normalized spacial score (nSPS) is 23.9. The van der Waals surface area contributed by atoms with Crippen molar-refractivity contribution < 1.29 is 13.2 Å². The molecule has 0 aromatic heterocycles. The Morgan fingerprint density at radius 1 is 1.38 bits per heavy atom. The third kappa shape index (κ3) is 3.14. The maximum absolute atomic E-state index is 12.7. The number of carbonyl (C=O) groups excluding carboxylic acids is 1. The zero-order valence-corrected chi connectivity index (χ0v) is 13.2. The van der Waals surface area contributed by atoms with Crippen molar-refractivity contribution in [1.82, 2.24) is 4.31 Å². The molecule has 8 heteroatoms. The first-order chi connectivity index (χ1) is 9.73. The average molecular weight is 332 g/mol. The third-order valence-corrected chi connectivity index (χ3v) is 6.23. The summed E-state index contributed by atoms with van der Waals surface area (Å²) in [5, 5.41) is 0.0726. The summed E-state index contributed by atoms with van der Waals surface area (Å²) in [6.45, 7) is 1.89. The Labute approximate surface area is 129 Å². The molecule has 1 fully saturated rings. The molecule has 4 N–H and O–H groups in total. The fraction of sp³-hybridized carbons (Fsp3) is 0.462. The van der Waals surface area contributed by atoms with Gasteiger partial charge in [-0.15, -0.1) is 0 Å². The molecule has 0 spiro atoms. The number of hydrogen-bond acceptors (Lipinski definition) is 4. The second-order valence-electron chi connectivity index (χ2n) is 5.29. The quantitative estimate of drug-likeness (QED) is 0.811. The maximum Gasteiger partial charge on any atom is 0.244 e. The molecule has 1 aliphatic rings. The van der Waals surface area contributed by atoms with Gasteiger partial charge in [0.25, 0.3) is 0 Å². The van der Waals surface area contributed by atoms with Crippen LogP contribution < -0.4 is 11.5 Å². The van der Waals surface area contributed by atoms with Crippen LogP contribution in [0.25, 0.3) is 0 Å². The van der Waals surface area contributed by atoms with Crippen LogP contribution in [-0.4, -0.2) is 31.2 Å². The lowest BCUT2D eigenvalue weighted by molar-refractivity contribution is -0.123. The van der Waals surface area contributed by atoms with Gasteiger partial charge in [-0.05, 0) is 38.0 Å². The van der Waals surface area contributed by atoms with Gasteiger partial charge in [0, 0.05) is 18.3 Å². The number of sulfonamides is 1. The molecule has 0 aliphatic carbocycles. The number of benzene rings is 1. The molecule has 2 rings (SSSR count). The summed E-state index contributed by atoms with van der Waals surface area (Å²) >= 11 is 6.00. The zero-order chi connectivity index (χ0) is 15.8. The van der Waals surface area contributed by atoms with E-state index in [0.29, 0.717) is 18.5 Å². The van der Waals surface area contributed by atoms with Crippen LogP contribution >= 0.6 is 11.6 Å². The van der Waals surface area contributed by atoms with Gasteiger partial charge in [0.2, 0.25) is 15.9 Å². The van der Waals surface area contributed by atoms with Crippen LogP contribution in [0.5, 0.6) is 0 Å². The highest BCUT2D eigenvalue weighted by Crippen LogP contribution is 2.32. The van der Waals surface area contributed by atoms with Gasteiger partial charge < -0.3 is 11.5 Å². The van der Waals surface area contributed by atoms with Crippen molar-refractivity contribution in [3.63, 3.8) is 0 Å². The number of amides is 1. The minimum absolute atomic E-state index is 0.00432. The van der Waals surface area contributed by atoms with Gasteiger partial charge in [-0.2, -0.15) is 4.31 Å². The van der Waals surface area contributed by atoms with Crippen LogP contribution in [-0.2, 0) is 14.8 Å². The van der Waals surface area contributed by atoms with E-state index in [1.165, 1.54) is 22.5 Å². The number of nitrogens with zero attached hydrogens (tertiary/aromatic N) is 1. The van der Waals surface area contributed by atoms with E-state index < -0.39 is 21.8 Å². The van der Waals surface area contributed by atoms with Gasteiger partial charge in [-0.25, -0.2) is 8.42 Å². The van der Waals surface area contributed by atoms with E-state index >= 15 is 0 Å². The topological polar surface area (TPSA) is 106 Å². The fourth-order valence-corrected chi connectivity index (χ4v) is 4.73. The smallest absolute Gasteiger partial charge is 0.244 e. The van der Waals surface area contributed by atoms with Crippen molar-refractivity contribution in [2.24, 2.45) is 11.7 Å². The van der Waals surface area contributed by atoms with Crippen molar-refractivity contribution in [3.05, 3.63) is 23.2 Å². The summed E-state index contributed by atoms with van der Waals surface area (Å²) in [7, 11) is -3.79. The number of piperidine rings is 1. The Bertz CT molecular complexity index is 663. The molecule has 0 radical (unpaired) electrons. The minimum atomic E-state index is -3.79. The second kappa shape index (κ2) is 5.82. The lowest BCUT2D eigenvalue weighted by Crippen LogP contribution is -2.48. The average Bonchev–Trinajstić information content (AvgIpc) is 2.38. The molecule has 1 amide bonds. The molecule has 2 atom stereocenters. The molecule has 1 aliphatic heterocycles. The zero-order valence-electron chi connectivity index (χ0n) is 11.6. The number of carbonyl (C=O) groups is 1. The highest BCUT2D eigenvalue weighted by Gasteiger charge is 2.37. The maximum atomic E-state index is 12.7. The SMILES string of the molecule is CC1CCC(C(N)=O)CN1S(=O)(=O)c1ccc(N)cc1Cl. The molecule has 6 nitrogen and oxygen atoms in total. The van der Waals surface area contributed by atoms with Crippen molar-refractivity contribution in [2.75, 3.05) is 12.3 Å². The molecule has 0 saturated carbocycles. The molecule has 0 bridgehead atoms. The lowest BCUT2D eigenvalue weighted by atomic mass is 9.95. The monoisotopic (exact) mass is 331 g/mol. The van der Waals surface area contributed by atoms with E-state index in [1.54, 1.807) is 6.92 Å². The third-order valence-electron chi connectivity index (χ3n) is 3.77. The Morgan fingerprint density at radius 3 is 2.62 bits per heavy atom. The van der Waals surface area contributed by atoms with Crippen molar-refractivity contribution in [2.45, 2.75) is 30.7 Å². The highest BCUT2D eigenvalue weighted by atomic mass is 35.5. The molecular formula is C13H18ClN3O3S. The molecule has 1 heterocycles. The van der Waals surface area contributed by atoms with Gasteiger partial charge in [-0.1, -0.05) is 11.6 Å². The van der Waals surface area contributed by atoms with Crippen LogP contribution in [0.15, 0.2) is 23.1 Å². The summed E-state index contributed by atoms with van der Waals surface area (Å²) in [6.07, 6.45) is 1.18. The molecule has 2 unspecified atom stereocenters. The van der Waals surface area contributed by atoms with E-state index in [4.69, 9.17) is 23.1 Å². The molecule has 1 aromatic carbocycles. The first-order valence-corrected chi connectivity index (χ1v) is 8.41. The van der Waals surface area contributed by atoms with Gasteiger partial charge >= 0.3 is 0 Å². The van der Waals surface area contributed by atoms with E-state index in [1.807, 2.05) is 0 Å². The van der Waals surface area contributed by atoms with Gasteiger partial charge in [0.05, 0.1) is 10.9 Å². The first kappa shape index (κ1) is 16.1. The molecule has 1 aromatic rings. The summed E-state index contributed by atoms with van der Waals surface area (Å²) in [5.74, 6) is -0.950. The molecular weight excluding hydrogens is 314 g/mol. The number of nitrogens with two attached hydrogens (primary N) is 2. The van der Waals surface area contributed by atoms with E-state index in [9.17, 15) is 13.2 Å². The number of primary amides is 1. The molecule has 21 heavy (non-hydrogen) atoms. The van der Waals surface area contributed by atoms with Crippen LogP contribution in [0.4, 0.5) is 5.69 Å². The Kier molecular flexibility index (Phi) is 4.46. The minimum Gasteiger partial charge on any atom is -0.399 e. The second-order valence-corrected chi connectivity index (χ2v) is 7.56. The summed E-state index contributed by atoms with van der Waals surface area (Å²) in [5.41, 5.74) is 11.3. The number of rotatable bonds is 3. The number of hydrogen-bond donors (Lipinski definition) is 2. The van der Waals surface area contributed by atoms with Gasteiger partial charge in [0.15, 0.2) is 0 Å². The lowest BCUT2D eigenvalue weighted by Gasteiger charge is -2.35. The number of nitrogen functional groups attached to an aromatic ring is 1. The van der Waals surface area contributed by atoms with E-state index in [0.717, 1.165) is 0 Å². The van der Waals surface area contributed by atoms with Crippen LogP contribution in [0, 0.1) is 5.92 Å². The number of anilines is 1. The van der Waals surface area contributed by atoms with Gasteiger partial charge in [0.1, 0.15) is 4.90 Å². The standard InChI is InChI=1S/C13H18ClN3O3S/c1-8-2-3-9(13(16)18)7-17(8)21(19,20)12-5-4-10(15)6-11(12)14/h4-6,8-9H,2-3,7,15H2,1H3,(H2,16,18).